The van der Waals surface area contributed by atoms with E-state index < -0.39 is 11.9 Å². The maximum atomic E-state index is 10.5. The molecule has 0 aromatic heterocycles. The van der Waals surface area contributed by atoms with Crippen LogP contribution in [0.3, 0.4) is 0 Å². The summed E-state index contributed by atoms with van der Waals surface area (Å²) in [5.74, 6) is -0.836. The van der Waals surface area contributed by atoms with E-state index >= 15 is 0 Å². The van der Waals surface area contributed by atoms with E-state index in [0.717, 1.165) is 5.56 Å². The summed E-state index contributed by atoms with van der Waals surface area (Å²) in [6, 6.07) is 7.06. The molecule has 1 rings (SSSR count). The SMILES string of the molecule is CN(CC(=O)O)Cc1ccc(OCC(N)=O)cc1. The third-order valence-electron chi connectivity index (χ3n) is 2.16. The summed E-state index contributed by atoms with van der Waals surface area (Å²) in [6.07, 6.45) is 0. The zero-order valence-corrected chi connectivity index (χ0v) is 10.1. The van der Waals surface area contributed by atoms with Gasteiger partial charge in [-0.05, 0) is 24.7 Å². The van der Waals surface area contributed by atoms with Crippen LogP contribution < -0.4 is 10.5 Å². The Kier molecular flexibility index (Phi) is 5.13. The molecule has 6 nitrogen and oxygen atoms in total. The van der Waals surface area contributed by atoms with Crippen molar-refractivity contribution in [2.75, 3.05) is 20.2 Å². The van der Waals surface area contributed by atoms with E-state index in [1.165, 1.54) is 0 Å². The number of nitrogens with two attached hydrogens (primary N) is 1. The Hall–Kier alpha value is -2.08. The number of benzene rings is 1. The van der Waals surface area contributed by atoms with E-state index in [1.54, 1.807) is 24.1 Å². The number of carbonyl (C=O) groups is 2. The molecule has 0 fully saturated rings. The van der Waals surface area contributed by atoms with Crippen LogP contribution in [0, 0.1) is 0 Å². The number of primary amides is 1. The average molecular weight is 252 g/mol. The molecule has 98 valence electrons. The number of aliphatic carboxylic acids is 1. The molecular formula is C12H16N2O4. The van der Waals surface area contributed by atoms with Gasteiger partial charge in [-0.1, -0.05) is 12.1 Å². The van der Waals surface area contributed by atoms with Gasteiger partial charge in [-0.15, -0.1) is 0 Å². The molecule has 0 radical (unpaired) electrons. The van der Waals surface area contributed by atoms with Crippen LogP contribution in [0.5, 0.6) is 5.75 Å². The Morgan fingerprint density at radius 3 is 2.44 bits per heavy atom. The molecule has 0 aliphatic heterocycles. The van der Waals surface area contributed by atoms with Crippen molar-refractivity contribution in [1.29, 1.82) is 0 Å². The summed E-state index contributed by atoms with van der Waals surface area (Å²) in [4.78, 5) is 22.7. The molecule has 0 saturated heterocycles. The van der Waals surface area contributed by atoms with Gasteiger partial charge in [0.25, 0.3) is 5.91 Å². The Morgan fingerprint density at radius 1 is 1.33 bits per heavy atom. The van der Waals surface area contributed by atoms with Gasteiger partial charge in [0.15, 0.2) is 6.61 Å². The third kappa shape index (κ3) is 5.31. The lowest BCUT2D eigenvalue weighted by Gasteiger charge is -2.14. The Morgan fingerprint density at radius 2 is 1.94 bits per heavy atom. The largest absolute Gasteiger partial charge is 0.484 e. The van der Waals surface area contributed by atoms with Gasteiger partial charge in [-0.2, -0.15) is 0 Å². The topological polar surface area (TPSA) is 92.9 Å². The first-order valence-corrected chi connectivity index (χ1v) is 5.38. The summed E-state index contributed by atoms with van der Waals surface area (Å²) >= 11 is 0. The second kappa shape index (κ2) is 6.61. The predicted octanol–water partition coefficient (Wildman–Crippen LogP) is 0.0671. The number of hydrogen-bond acceptors (Lipinski definition) is 4. The predicted molar refractivity (Wildman–Crippen MR) is 65.1 cm³/mol. The van der Waals surface area contributed by atoms with Crippen molar-refractivity contribution in [2.24, 2.45) is 5.73 Å². The van der Waals surface area contributed by atoms with Crippen molar-refractivity contribution in [3.63, 3.8) is 0 Å². The van der Waals surface area contributed by atoms with E-state index in [2.05, 4.69) is 0 Å². The molecule has 18 heavy (non-hydrogen) atoms. The second-order valence-electron chi connectivity index (χ2n) is 3.96. The zero-order valence-electron chi connectivity index (χ0n) is 10.1. The summed E-state index contributed by atoms with van der Waals surface area (Å²) < 4.78 is 5.11. The Bertz CT molecular complexity index is 417. The van der Waals surface area contributed by atoms with Crippen molar-refractivity contribution < 1.29 is 19.4 Å². The number of carboxylic acid groups (broad SMARTS) is 1. The molecule has 0 heterocycles. The number of rotatable bonds is 7. The molecule has 0 saturated carbocycles. The van der Waals surface area contributed by atoms with Crippen LogP contribution in [0.25, 0.3) is 0 Å². The fourth-order valence-corrected chi connectivity index (χ4v) is 1.44. The molecule has 0 aliphatic carbocycles. The maximum absolute atomic E-state index is 10.5. The first-order valence-electron chi connectivity index (χ1n) is 5.38. The van der Waals surface area contributed by atoms with Gasteiger partial charge in [0.2, 0.25) is 0 Å². The van der Waals surface area contributed by atoms with Crippen molar-refractivity contribution >= 4 is 11.9 Å². The normalized spacial score (nSPS) is 10.3. The molecule has 0 unspecified atom stereocenters. The van der Waals surface area contributed by atoms with Gasteiger partial charge in [0.1, 0.15) is 5.75 Å². The van der Waals surface area contributed by atoms with Crippen molar-refractivity contribution in [3.05, 3.63) is 29.8 Å². The van der Waals surface area contributed by atoms with Gasteiger partial charge in [-0.3, -0.25) is 14.5 Å². The maximum Gasteiger partial charge on any atom is 0.317 e. The number of nitrogens with zero attached hydrogens (tertiary/aromatic N) is 1. The van der Waals surface area contributed by atoms with E-state index in [1.807, 2.05) is 12.1 Å². The number of ether oxygens (including phenoxy) is 1. The quantitative estimate of drug-likeness (QED) is 0.716. The van der Waals surface area contributed by atoms with Crippen molar-refractivity contribution in [1.82, 2.24) is 4.90 Å². The first kappa shape index (κ1) is 14.0. The summed E-state index contributed by atoms with van der Waals surface area (Å²) in [6.45, 7) is 0.362. The highest BCUT2D eigenvalue weighted by molar-refractivity contribution is 5.75. The summed E-state index contributed by atoms with van der Waals surface area (Å²) in [5.41, 5.74) is 5.92. The van der Waals surface area contributed by atoms with E-state index in [0.29, 0.717) is 12.3 Å². The smallest absolute Gasteiger partial charge is 0.317 e. The minimum Gasteiger partial charge on any atom is -0.484 e. The van der Waals surface area contributed by atoms with Crippen LogP contribution >= 0.6 is 0 Å². The minimum absolute atomic E-state index is 0.0140. The monoisotopic (exact) mass is 252 g/mol. The Balaban J connectivity index is 2.49. The highest BCUT2D eigenvalue weighted by Gasteiger charge is 2.05. The van der Waals surface area contributed by atoms with Gasteiger partial charge in [0, 0.05) is 6.54 Å². The average Bonchev–Trinajstić information content (AvgIpc) is 2.26. The molecule has 1 amide bonds. The minimum atomic E-state index is -0.862. The fourth-order valence-electron chi connectivity index (χ4n) is 1.44. The Labute approximate surface area is 105 Å². The molecule has 3 N–H and O–H groups in total. The number of carboxylic acids is 1. The van der Waals surface area contributed by atoms with E-state index in [-0.39, 0.29) is 13.2 Å². The molecule has 1 aromatic carbocycles. The van der Waals surface area contributed by atoms with Crippen LogP contribution in [0.1, 0.15) is 5.56 Å². The molecule has 1 aromatic rings. The van der Waals surface area contributed by atoms with Crippen LogP contribution in [0.4, 0.5) is 0 Å². The number of hydrogen-bond donors (Lipinski definition) is 2. The van der Waals surface area contributed by atoms with Gasteiger partial charge >= 0.3 is 5.97 Å². The first-order chi connectivity index (χ1) is 8.47. The van der Waals surface area contributed by atoms with Gasteiger partial charge in [-0.25, -0.2) is 0 Å². The van der Waals surface area contributed by atoms with Crippen LogP contribution in [0.15, 0.2) is 24.3 Å². The lowest BCUT2D eigenvalue weighted by Crippen LogP contribution is -2.25. The molecule has 0 bridgehead atoms. The van der Waals surface area contributed by atoms with Crippen molar-refractivity contribution in [3.8, 4) is 5.75 Å². The van der Waals surface area contributed by atoms with Crippen LogP contribution in [-0.4, -0.2) is 42.1 Å². The lowest BCUT2D eigenvalue weighted by atomic mass is 10.2. The summed E-state index contributed by atoms with van der Waals surface area (Å²) in [7, 11) is 1.73. The van der Waals surface area contributed by atoms with Crippen molar-refractivity contribution in [2.45, 2.75) is 6.54 Å². The van der Waals surface area contributed by atoms with Gasteiger partial charge < -0.3 is 15.6 Å². The molecular weight excluding hydrogens is 236 g/mol. The molecule has 0 spiro atoms. The molecule has 0 atom stereocenters. The molecule has 0 aliphatic rings. The third-order valence-corrected chi connectivity index (χ3v) is 2.16. The molecule has 6 heteroatoms. The lowest BCUT2D eigenvalue weighted by molar-refractivity contribution is -0.138. The number of likely N-dealkylation sites (N-methyl/N-ethyl adjacent to an activating group) is 1. The van der Waals surface area contributed by atoms with E-state index in [4.69, 9.17) is 15.6 Å². The standard InChI is InChI=1S/C12H16N2O4/c1-14(7-12(16)17)6-9-2-4-10(5-3-9)18-8-11(13)15/h2-5H,6-8H2,1H3,(H2,13,15)(H,16,17). The highest BCUT2D eigenvalue weighted by Crippen LogP contribution is 2.13. The van der Waals surface area contributed by atoms with E-state index in [9.17, 15) is 9.59 Å². The van der Waals surface area contributed by atoms with Crippen LogP contribution in [-0.2, 0) is 16.1 Å². The zero-order chi connectivity index (χ0) is 13.5. The summed E-state index contributed by atoms with van der Waals surface area (Å²) in [5, 5.41) is 8.62. The second-order valence-corrected chi connectivity index (χ2v) is 3.96. The fraction of sp³-hybridized carbons (Fsp3) is 0.333. The van der Waals surface area contributed by atoms with Gasteiger partial charge in [0.05, 0.1) is 6.54 Å². The number of amides is 1. The number of carbonyl (C=O) groups excluding carboxylic acids is 1. The van der Waals surface area contributed by atoms with Crippen LogP contribution in [0.2, 0.25) is 0 Å². The highest BCUT2D eigenvalue weighted by atomic mass is 16.5.